The van der Waals surface area contributed by atoms with Crippen LogP contribution in [0.2, 0.25) is 0 Å². The molecule has 2 aromatic carbocycles. The van der Waals surface area contributed by atoms with E-state index >= 15 is 0 Å². The highest BCUT2D eigenvalue weighted by atomic mass is 16.7. The van der Waals surface area contributed by atoms with Crippen molar-refractivity contribution in [1.82, 2.24) is 0 Å². The molecule has 1 aliphatic heterocycles. The van der Waals surface area contributed by atoms with Crippen molar-refractivity contribution in [2.24, 2.45) is 0 Å². The van der Waals surface area contributed by atoms with Gasteiger partial charge in [-0.3, -0.25) is 0 Å². The van der Waals surface area contributed by atoms with E-state index in [0.29, 0.717) is 5.75 Å². The van der Waals surface area contributed by atoms with Crippen molar-refractivity contribution in [2.75, 3.05) is 21.0 Å². The first-order valence-electron chi connectivity index (χ1n) is 9.13. The first kappa shape index (κ1) is 18.9. The van der Waals surface area contributed by atoms with Crippen molar-refractivity contribution >= 4 is 17.7 Å². The number of methoxy groups -OCH3 is 2. The molecule has 3 rings (SSSR count). The second-order valence-corrected chi connectivity index (χ2v) is 6.37. The molecule has 0 aromatic heterocycles. The number of ether oxygens (including phenoxy) is 4. The summed E-state index contributed by atoms with van der Waals surface area (Å²) in [4.78, 5) is 0. The molecule has 0 saturated carbocycles. The van der Waals surface area contributed by atoms with Crippen LogP contribution in [0.15, 0.2) is 30.8 Å². The van der Waals surface area contributed by atoms with Crippen LogP contribution in [-0.4, -0.2) is 21.0 Å². The van der Waals surface area contributed by atoms with E-state index in [1.54, 1.807) is 14.2 Å². The molecule has 142 valence electrons. The normalized spacial score (nSPS) is 13.8. The molecule has 0 unspecified atom stereocenters. The Hall–Kier alpha value is -2.88. The Morgan fingerprint density at radius 1 is 1.15 bits per heavy atom. The van der Waals surface area contributed by atoms with Crippen LogP contribution in [-0.2, 0) is 6.42 Å². The van der Waals surface area contributed by atoms with Gasteiger partial charge in [-0.25, -0.2) is 0 Å². The maximum absolute atomic E-state index is 5.57. The topological polar surface area (TPSA) is 36.9 Å². The second-order valence-electron chi connectivity index (χ2n) is 6.37. The van der Waals surface area contributed by atoms with Crippen molar-refractivity contribution in [1.29, 1.82) is 0 Å². The number of fused-ring (bicyclic) bond motifs is 1. The quantitative estimate of drug-likeness (QED) is 0.782. The first-order valence-corrected chi connectivity index (χ1v) is 9.13. The van der Waals surface area contributed by atoms with Crippen LogP contribution in [0.25, 0.3) is 17.7 Å². The molecule has 27 heavy (non-hydrogen) atoms. The summed E-state index contributed by atoms with van der Waals surface area (Å²) in [7, 11) is 3.30. The van der Waals surface area contributed by atoms with Crippen LogP contribution in [0, 0.1) is 0 Å². The number of hydrogen-bond donors (Lipinski definition) is 0. The minimum atomic E-state index is 0.269. The summed E-state index contributed by atoms with van der Waals surface area (Å²) >= 11 is 0. The minimum absolute atomic E-state index is 0.269. The predicted octanol–water partition coefficient (Wildman–Crippen LogP) is 3.68. The smallest absolute Gasteiger partial charge is 0.231 e. The van der Waals surface area contributed by atoms with E-state index in [-0.39, 0.29) is 6.79 Å². The van der Waals surface area contributed by atoms with Crippen LogP contribution >= 0.6 is 0 Å². The first-order chi connectivity index (χ1) is 13.1. The molecule has 1 aliphatic rings. The lowest BCUT2D eigenvalue weighted by Crippen LogP contribution is -2.26. The van der Waals surface area contributed by atoms with Gasteiger partial charge in [0.15, 0.2) is 23.0 Å². The third kappa shape index (κ3) is 3.65. The van der Waals surface area contributed by atoms with Gasteiger partial charge in [-0.2, -0.15) is 0 Å². The fraction of sp³-hybridized carbons (Fsp3) is 0.304. The molecule has 0 N–H and O–H groups in total. The molecule has 4 nitrogen and oxygen atoms in total. The van der Waals surface area contributed by atoms with Gasteiger partial charge in [-0.05, 0) is 59.5 Å². The second kappa shape index (κ2) is 8.21. The number of benzene rings is 2. The molecule has 0 spiro atoms. The summed E-state index contributed by atoms with van der Waals surface area (Å²) in [5, 5.41) is 2.01. The molecule has 2 aromatic rings. The Balaban J connectivity index is 2.13. The third-order valence-electron chi connectivity index (χ3n) is 4.70. The SMILES string of the molecule is C=C(/C=c1/ccc(OC)c(OC)/c1=C/C)c1cc2c(cc1CCC)OCO2. The molecule has 1 heterocycles. The summed E-state index contributed by atoms with van der Waals surface area (Å²) in [5.74, 6) is 3.02. The maximum atomic E-state index is 5.57. The van der Waals surface area contributed by atoms with Crippen LogP contribution in [0.5, 0.6) is 23.0 Å². The monoisotopic (exact) mass is 366 g/mol. The Morgan fingerprint density at radius 2 is 1.89 bits per heavy atom. The van der Waals surface area contributed by atoms with E-state index in [2.05, 4.69) is 25.6 Å². The van der Waals surface area contributed by atoms with Crippen LogP contribution in [0.1, 0.15) is 31.4 Å². The van der Waals surface area contributed by atoms with Gasteiger partial charge in [0.2, 0.25) is 6.79 Å². The molecular weight excluding hydrogens is 340 g/mol. The highest BCUT2D eigenvalue weighted by Crippen LogP contribution is 2.37. The van der Waals surface area contributed by atoms with Crippen molar-refractivity contribution in [3.63, 3.8) is 0 Å². The number of hydrogen-bond acceptors (Lipinski definition) is 4. The zero-order valence-corrected chi connectivity index (χ0v) is 16.4. The molecule has 0 atom stereocenters. The lowest BCUT2D eigenvalue weighted by molar-refractivity contribution is 0.174. The maximum Gasteiger partial charge on any atom is 0.231 e. The minimum Gasteiger partial charge on any atom is -0.493 e. The average Bonchev–Trinajstić information content (AvgIpc) is 3.14. The lowest BCUT2D eigenvalue weighted by atomic mass is 9.96. The number of allylic oxidation sites excluding steroid dienone is 1. The molecule has 0 aliphatic carbocycles. The van der Waals surface area contributed by atoms with E-state index in [1.807, 2.05) is 31.2 Å². The van der Waals surface area contributed by atoms with Crippen molar-refractivity contribution in [3.05, 3.63) is 52.4 Å². The Labute approximate surface area is 160 Å². The highest BCUT2D eigenvalue weighted by Gasteiger charge is 2.17. The van der Waals surface area contributed by atoms with Gasteiger partial charge in [0, 0.05) is 5.22 Å². The fourth-order valence-corrected chi connectivity index (χ4v) is 3.41. The molecular formula is C23H26O4. The molecule has 0 bridgehead atoms. The number of rotatable bonds is 6. The number of aryl methyl sites for hydroxylation is 1. The molecule has 4 heteroatoms. The third-order valence-corrected chi connectivity index (χ3v) is 4.70. The Bertz CT molecular complexity index is 973. The average molecular weight is 366 g/mol. The molecule has 0 amide bonds. The summed E-state index contributed by atoms with van der Waals surface area (Å²) in [6, 6.07) is 8.04. The highest BCUT2D eigenvalue weighted by molar-refractivity contribution is 5.89. The largest absolute Gasteiger partial charge is 0.493 e. The Kier molecular flexibility index (Phi) is 5.75. The van der Waals surface area contributed by atoms with Crippen molar-refractivity contribution in [2.45, 2.75) is 26.7 Å². The predicted molar refractivity (Wildman–Crippen MR) is 109 cm³/mol. The zero-order valence-electron chi connectivity index (χ0n) is 16.4. The van der Waals surface area contributed by atoms with Gasteiger partial charge in [-0.15, -0.1) is 0 Å². The van der Waals surface area contributed by atoms with E-state index in [4.69, 9.17) is 18.9 Å². The van der Waals surface area contributed by atoms with E-state index < -0.39 is 0 Å². The molecule has 0 saturated heterocycles. The van der Waals surface area contributed by atoms with Gasteiger partial charge in [0.05, 0.1) is 14.2 Å². The zero-order chi connectivity index (χ0) is 19.4. The lowest BCUT2D eigenvalue weighted by Gasteiger charge is -2.12. The fourth-order valence-electron chi connectivity index (χ4n) is 3.41. The molecule has 0 fully saturated rings. The van der Waals surface area contributed by atoms with Gasteiger partial charge in [-0.1, -0.05) is 32.1 Å². The van der Waals surface area contributed by atoms with Crippen LogP contribution in [0.4, 0.5) is 0 Å². The van der Waals surface area contributed by atoms with E-state index in [1.165, 1.54) is 5.56 Å². The van der Waals surface area contributed by atoms with Crippen molar-refractivity contribution < 1.29 is 18.9 Å². The summed E-state index contributed by atoms with van der Waals surface area (Å²) in [5.41, 5.74) is 3.22. The van der Waals surface area contributed by atoms with Gasteiger partial charge in [0.25, 0.3) is 0 Å². The van der Waals surface area contributed by atoms with Crippen LogP contribution < -0.4 is 29.4 Å². The van der Waals surface area contributed by atoms with Crippen LogP contribution in [0.3, 0.4) is 0 Å². The molecule has 0 radical (unpaired) electrons. The summed E-state index contributed by atoms with van der Waals surface area (Å²) in [6.45, 7) is 8.75. The standard InChI is InChI=1S/C23H26O4/c1-6-8-16-12-21-22(27-14-26-21)13-19(16)15(3)11-17-9-10-20(24-4)23(25-5)18(17)7-2/h7,9-13H,3,6,8,14H2,1-2,4-5H3/b17-11-,18-7+. The van der Waals surface area contributed by atoms with Crippen molar-refractivity contribution in [3.8, 4) is 23.0 Å². The van der Waals surface area contributed by atoms with Gasteiger partial charge in [0.1, 0.15) is 0 Å². The van der Waals surface area contributed by atoms with Gasteiger partial charge >= 0.3 is 0 Å². The summed E-state index contributed by atoms with van der Waals surface area (Å²) in [6.07, 6.45) is 6.10. The van der Waals surface area contributed by atoms with E-state index in [9.17, 15) is 0 Å². The van der Waals surface area contributed by atoms with E-state index in [0.717, 1.165) is 51.7 Å². The Morgan fingerprint density at radius 3 is 2.52 bits per heavy atom. The summed E-state index contributed by atoms with van der Waals surface area (Å²) < 4.78 is 22.1. The van der Waals surface area contributed by atoms with Gasteiger partial charge < -0.3 is 18.9 Å².